The first-order valence-electron chi connectivity index (χ1n) is 6.47. The predicted octanol–water partition coefficient (Wildman–Crippen LogP) is 3.40. The average Bonchev–Trinajstić information content (AvgIpc) is 2.30. The molecule has 1 fully saturated rings. The molecule has 0 radical (unpaired) electrons. The molecule has 0 aromatic heterocycles. The largest absolute Gasteiger partial charge is 0.382 e. The quantitative estimate of drug-likeness (QED) is 0.387. The van der Waals surface area contributed by atoms with E-state index in [0.717, 1.165) is 13.2 Å². The smallest absolute Gasteiger partial charge is 0.0816 e. The Morgan fingerprint density at radius 3 is 2.88 bits per heavy atom. The SMILES string of the molecule is C=CCOCCC[Si](C)(C)C1CCCCO1. The monoisotopic (exact) mass is 242 g/mol. The van der Waals surface area contributed by atoms with Crippen molar-refractivity contribution in [2.75, 3.05) is 19.8 Å². The maximum Gasteiger partial charge on any atom is 0.0816 e. The Labute approximate surface area is 101 Å². The van der Waals surface area contributed by atoms with Crippen LogP contribution in [0.3, 0.4) is 0 Å². The van der Waals surface area contributed by atoms with Gasteiger partial charge in [0.25, 0.3) is 0 Å². The van der Waals surface area contributed by atoms with E-state index in [-0.39, 0.29) is 0 Å². The minimum absolute atomic E-state index is 0.584. The van der Waals surface area contributed by atoms with E-state index in [9.17, 15) is 0 Å². The lowest BCUT2D eigenvalue weighted by Gasteiger charge is -2.35. The zero-order chi connectivity index (χ0) is 11.9. The van der Waals surface area contributed by atoms with Crippen molar-refractivity contribution in [1.82, 2.24) is 0 Å². The molecule has 0 aromatic rings. The molecule has 0 aliphatic carbocycles. The van der Waals surface area contributed by atoms with Crippen LogP contribution in [0.25, 0.3) is 0 Å². The summed E-state index contributed by atoms with van der Waals surface area (Å²) in [5.41, 5.74) is 0.584. The first kappa shape index (κ1) is 13.9. The zero-order valence-corrected chi connectivity index (χ0v) is 11.8. The molecule has 3 heteroatoms. The summed E-state index contributed by atoms with van der Waals surface area (Å²) in [4.78, 5) is 0. The lowest BCUT2D eigenvalue weighted by atomic mass is 10.2. The number of hydrogen-bond acceptors (Lipinski definition) is 2. The van der Waals surface area contributed by atoms with Crippen LogP contribution in [0, 0.1) is 0 Å². The standard InChI is InChI=1S/C13H26O2Si/c1-4-9-14-10-7-12-16(2,3)13-8-5-6-11-15-13/h4,13H,1,5-12H2,2-3H3. The first-order chi connectivity index (χ1) is 7.67. The summed E-state index contributed by atoms with van der Waals surface area (Å²) in [5, 5.41) is 0. The number of hydrogen-bond donors (Lipinski definition) is 0. The highest BCUT2D eigenvalue weighted by molar-refractivity contribution is 6.78. The second-order valence-electron chi connectivity index (χ2n) is 5.31. The second kappa shape index (κ2) is 7.25. The Kier molecular flexibility index (Phi) is 6.32. The third-order valence-corrected chi connectivity index (χ3v) is 7.24. The van der Waals surface area contributed by atoms with Crippen LogP contribution in [0.2, 0.25) is 19.1 Å². The topological polar surface area (TPSA) is 18.5 Å². The van der Waals surface area contributed by atoms with Crippen LogP contribution in [0.5, 0.6) is 0 Å². The van der Waals surface area contributed by atoms with Crippen molar-refractivity contribution in [2.45, 2.75) is 50.5 Å². The summed E-state index contributed by atoms with van der Waals surface area (Å²) in [5.74, 6) is 0. The van der Waals surface area contributed by atoms with Gasteiger partial charge >= 0.3 is 0 Å². The molecule has 0 spiro atoms. The van der Waals surface area contributed by atoms with Crippen molar-refractivity contribution in [1.29, 1.82) is 0 Å². The second-order valence-corrected chi connectivity index (χ2v) is 10.4. The summed E-state index contributed by atoms with van der Waals surface area (Å²) >= 11 is 0. The predicted molar refractivity (Wildman–Crippen MR) is 71.5 cm³/mol. The number of ether oxygens (including phenoxy) is 2. The van der Waals surface area contributed by atoms with Gasteiger partial charge in [-0.05, 0) is 25.7 Å². The molecule has 0 saturated carbocycles. The van der Waals surface area contributed by atoms with Gasteiger partial charge in [0.1, 0.15) is 0 Å². The molecular weight excluding hydrogens is 216 g/mol. The molecule has 0 aromatic carbocycles. The molecule has 2 nitrogen and oxygen atoms in total. The molecule has 0 bridgehead atoms. The average molecular weight is 242 g/mol. The minimum Gasteiger partial charge on any atom is -0.382 e. The van der Waals surface area contributed by atoms with Gasteiger partial charge in [-0.15, -0.1) is 6.58 Å². The van der Waals surface area contributed by atoms with Gasteiger partial charge in [-0.3, -0.25) is 0 Å². The molecule has 16 heavy (non-hydrogen) atoms. The van der Waals surface area contributed by atoms with Gasteiger partial charge in [0, 0.05) is 18.9 Å². The fourth-order valence-electron chi connectivity index (χ4n) is 2.31. The number of rotatable bonds is 7. The van der Waals surface area contributed by atoms with Crippen LogP contribution in [0.1, 0.15) is 25.7 Å². The maximum atomic E-state index is 5.93. The Morgan fingerprint density at radius 1 is 1.44 bits per heavy atom. The van der Waals surface area contributed by atoms with Gasteiger partial charge in [0.05, 0.1) is 14.7 Å². The van der Waals surface area contributed by atoms with E-state index in [1.165, 1.54) is 31.7 Å². The van der Waals surface area contributed by atoms with E-state index in [0.29, 0.717) is 12.3 Å². The fourth-order valence-corrected chi connectivity index (χ4v) is 5.25. The van der Waals surface area contributed by atoms with Gasteiger partial charge in [0.15, 0.2) is 0 Å². The zero-order valence-electron chi connectivity index (χ0n) is 10.8. The summed E-state index contributed by atoms with van der Waals surface area (Å²) in [7, 11) is -1.19. The van der Waals surface area contributed by atoms with Gasteiger partial charge in [-0.25, -0.2) is 0 Å². The molecule has 1 unspecified atom stereocenters. The van der Waals surface area contributed by atoms with E-state index in [4.69, 9.17) is 9.47 Å². The summed E-state index contributed by atoms with van der Waals surface area (Å²) in [6.45, 7) is 11.1. The van der Waals surface area contributed by atoms with Crippen molar-refractivity contribution >= 4 is 8.07 Å². The van der Waals surface area contributed by atoms with Crippen molar-refractivity contribution in [2.24, 2.45) is 0 Å². The summed E-state index contributed by atoms with van der Waals surface area (Å²) in [6.07, 6.45) is 6.88. The van der Waals surface area contributed by atoms with Crippen molar-refractivity contribution < 1.29 is 9.47 Å². The Bertz CT molecular complexity index is 198. The molecule has 1 saturated heterocycles. The molecule has 1 atom stereocenters. The van der Waals surface area contributed by atoms with Crippen molar-refractivity contribution in [3.8, 4) is 0 Å². The van der Waals surface area contributed by atoms with Crippen LogP contribution < -0.4 is 0 Å². The van der Waals surface area contributed by atoms with Crippen LogP contribution in [-0.4, -0.2) is 33.6 Å². The molecule has 1 rings (SSSR count). The van der Waals surface area contributed by atoms with E-state index < -0.39 is 8.07 Å². The third-order valence-electron chi connectivity index (χ3n) is 3.40. The molecule has 0 amide bonds. The summed E-state index contributed by atoms with van der Waals surface area (Å²) in [6, 6.07) is 1.31. The Balaban J connectivity index is 2.18. The van der Waals surface area contributed by atoms with Crippen LogP contribution in [0.4, 0.5) is 0 Å². The van der Waals surface area contributed by atoms with E-state index in [1.54, 1.807) is 0 Å². The highest BCUT2D eigenvalue weighted by atomic mass is 28.3. The lowest BCUT2D eigenvalue weighted by Crippen LogP contribution is -2.45. The van der Waals surface area contributed by atoms with Crippen LogP contribution in [0.15, 0.2) is 12.7 Å². The fraction of sp³-hybridized carbons (Fsp3) is 0.846. The minimum atomic E-state index is -1.19. The highest BCUT2D eigenvalue weighted by Gasteiger charge is 2.33. The third kappa shape index (κ3) is 4.81. The van der Waals surface area contributed by atoms with Gasteiger partial charge in [-0.1, -0.05) is 25.2 Å². The highest BCUT2D eigenvalue weighted by Crippen LogP contribution is 2.26. The first-order valence-corrected chi connectivity index (χ1v) is 9.75. The summed E-state index contributed by atoms with van der Waals surface area (Å²) < 4.78 is 11.4. The van der Waals surface area contributed by atoms with Crippen molar-refractivity contribution in [3.05, 3.63) is 12.7 Å². The molecule has 0 N–H and O–H groups in total. The van der Waals surface area contributed by atoms with E-state index in [1.807, 2.05) is 6.08 Å². The van der Waals surface area contributed by atoms with Gasteiger partial charge in [-0.2, -0.15) is 0 Å². The lowest BCUT2D eigenvalue weighted by molar-refractivity contribution is 0.0594. The maximum absolute atomic E-state index is 5.93. The van der Waals surface area contributed by atoms with Crippen molar-refractivity contribution in [3.63, 3.8) is 0 Å². The van der Waals surface area contributed by atoms with Gasteiger partial charge < -0.3 is 9.47 Å². The Hall–Kier alpha value is -0.123. The normalized spacial score (nSPS) is 22.0. The van der Waals surface area contributed by atoms with E-state index >= 15 is 0 Å². The van der Waals surface area contributed by atoms with Crippen LogP contribution >= 0.6 is 0 Å². The van der Waals surface area contributed by atoms with E-state index in [2.05, 4.69) is 19.7 Å². The van der Waals surface area contributed by atoms with Gasteiger partial charge in [0.2, 0.25) is 0 Å². The molecular formula is C13H26O2Si. The van der Waals surface area contributed by atoms with Crippen LogP contribution in [-0.2, 0) is 9.47 Å². The molecule has 1 aliphatic heterocycles. The molecule has 1 aliphatic rings. The molecule has 1 heterocycles. The molecule has 94 valence electrons. The Morgan fingerprint density at radius 2 is 2.25 bits per heavy atom.